The van der Waals surface area contributed by atoms with Crippen molar-refractivity contribution in [3.05, 3.63) is 54.1 Å². The predicted molar refractivity (Wildman–Crippen MR) is 220 cm³/mol. The molecule has 5 fully saturated rings. The van der Waals surface area contributed by atoms with Crippen molar-refractivity contribution in [2.24, 2.45) is 45.3 Å². The van der Waals surface area contributed by atoms with Gasteiger partial charge in [0.15, 0.2) is 0 Å². The Morgan fingerprint density at radius 3 is 1.96 bits per heavy atom. The molecule has 3 N–H and O–H groups in total. The van der Waals surface area contributed by atoms with Gasteiger partial charge in [-0.1, -0.05) is 65.3 Å². The van der Waals surface area contributed by atoms with Crippen LogP contribution >= 0.6 is 0 Å². The molecule has 1 aromatic rings. The highest BCUT2D eigenvalue weighted by atomic mass is 19.3. The van der Waals surface area contributed by atoms with E-state index >= 15 is 0 Å². The topological polar surface area (TPSA) is 78.4 Å². The van der Waals surface area contributed by atoms with Crippen molar-refractivity contribution in [3.63, 3.8) is 0 Å². The molecule has 0 spiro atoms. The van der Waals surface area contributed by atoms with Crippen molar-refractivity contribution in [3.8, 4) is 38.5 Å². The summed E-state index contributed by atoms with van der Waals surface area (Å²) >= 11 is 0. The maximum absolute atomic E-state index is 11.9. The van der Waals surface area contributed by atoms with Gasteiger partial charge in [-0.3, -0.25) is 4.79 Å². The molecule has 1 heterocycles. The third-order valence-electron chi connectivity index (χ3n) is 14.8. The Hall–Kier alpha value is -3.86. The summed E-state index contributed by atoms with van der Waals surface area (Å²) in [6, 6.07) is 7.55. The van der Waals surface area contributed by atoms with Crippen LogP contribution in [0, 0.1) is 83.9 Å². The van der Waals surface area contributed by atoms with E-state index in [1.807, 2.05) is 19.1 Å². The van der Waals surface area contributed by atoms with E-state index in [0.29, 0.717) is 46.6 Å². The van der Waals surface area contributed by atoms with Gasteiger partial charge in [0.2, 0.25) is 6.41 Å². The molecule has 1 amide bonds. The summed E-state index contributed by atoms with van der Waals surface area (Å²) < 4.78 is 23.8. The van der Waals surface area contributed by atoms with E-state index in [1.165, 1.54) is 56.1 Å². The third-order valence-corrected chi connectivity index (χ3v) is 14.8. The maximum atomic E-state index is 11.9. The van der Waals surface area contributed by atoms with E-state index in [0.717, 1.165) is 25.7 Å². The average molecular weight is 745 g/mol. The number of terminal acetylenes is 3. The molecule has 5 aliphatic carbocycles. The summed E-state index contributed by atoms with van der Waals surface area (Å²) in [4.78, 5) is 23.0. The lowest BCUT2D eigenvalue weighted by atomic mass is 9.33. The predicted octanol–water partition coefficient (Wildman–Crippen LogP) is 10.3. The lowest BCUT2D eigenvalue weighted by Crippen LogP contribution is -2.67. The molecule has 7 rings (SSSR count). The van der Waals surface area contributed by atoms with Crippen LogP contribution in [0.5, 0.6) is 0 Å². The maximum Gasteiger partial charge on any atom is 0.335 e. The number of amides is 1. The molecule has 1 saturated heterocycles. The van der Waals surface area contributed by atoms with Crippen LogP contribution in [0.1, 0.15) is 128 Å². The Morgan fingerprint density at radius 1 is 0.852 bits per heavy atom. The molecule has 4 saturated carbocycles. The first-order valence-corrected chi connectivity index (χ1v) is 19.5. The number of carbonyl (C=O) groups is 2. The molecular weight excluding hydrogens is 679 g/mol. The van der Waals surface area contributed by atoms with E-state index in [1.54, 1.807) is 18.2 Å². The minimum atomic E-state index is -2.42. The van der Waals surface area contributed by atoms with Crippen LogP contribution in [0.4, 0.5) is 8.78 Å². The molecule has 0 radical (unpaired) electrons. The highest BCUT2D eigenvalue weighted by molar-refractivity contribution is 5.88. The normalized spacial score (nSPS) is 35.7. The lowest BCUT2D eigenvalue weighted by Gasteiger charge is -2.72. The first kappa shape index (κ1) is 46.3. The van der Waals surface area contributed by atoms with Gasteiger partial charge in [-0.05, 0) is 133 Å². The number of carboxylic acid groups (broad SMARTS) is 1. The summed E-state index contributed by atoms with van der Waals surface area (Å²) in [6.07, 6.45) is 41.6. The summed E-state index contributed by atoms with van der Waals surface area (Å²) in [7, 11) is 0. The molecule has 54 heavy (non-hydrogen) atoms. The molecule has 8 atom stereocenters. The number of aromatic carboxylic acids is 1. The minimum absolute atomic E-state index is 0.00694. The smallest absolute Gasteiger partial charge is 0.335 e. The van der Waals surface area contributed by atoms with Crippen LogP contribution in [0.15, 0.2) is 43.0 Å². The third kappa shape index (κ3) is 8.36. The van der Waals surface area contributed by atoms with Crippen molar-refractivity contribution >= 4 is 18.0 Å². The molecule has 0 aromatic heterocycles. The van der Waals surface area contributed by atoms with Crippen molar-refractivity contribution in [2.45, 2.75) is 124 Å². The number of halogens is 2. The molecule has 5 nitrogen and oxygen atoms in total. The van der Waals surface area contributed by atoms with Gasteiger partial charge in [0, 0.05) is 18.5 Å². The molecular formula is C47H66F2N2O3. The van der Waals surface area contributed by atoms with Crippen LogP contribution in [0.3, 0.4) is 0 Å². The summed E-state index contributed by atoms with van der Waals surface area (Å²) in [5.74, 6) is -0.621. The van der Waals surface area contributed by atoms with E-state index in [9.17, 15) is 23.5 Å². The van der Waals surface area contributed by atoms with Crippen molar-refractivity contribution in [1.82, 2.24) is 10.6 Å². The van der Waals surface area contributed by atoms with Crippen LogP contribution in [0.2, 0.25) is 0 Å². The molecule has 0 bridgehead atoms. The monoisotopic (exact) mass is 745 g/mol. The fourth-order valence-electron chi connectivity index (χ4n) is 12.5. The molecule has 1 aromatic carbocycles. The van der Waals surface area contributed by atoms with Crippen molar-refractivity contribution < 1.29 is 23.5 Å². The number of fused-ring (bicyclic) bond motifs is 7. The van der Waals surface area contributed by atoms with Crippen molar-refractivity contribution in [1.29, 1.82) is 0 Å². The van der Waals surface area contributed by atoms with Crippen LogP contribution < -0.4 is 10.6 Å². The zero-order chi connectivity index (χ0) is 41.2. The SMILES string of the molecule is C#C.C#C.C#C.C=CC.CC1(C)C(c2ccc(C(=O)O)cc2)=CC[C@@]2(C)C1CC[C@]1(C)C2CC[C@@H]2C3CCC[C@]3(NC=O)CC[C@]21C.FC1(F)CCNC1. The van der Waals surface area contributed by atoms with Gasteiger partial charge in [0.05, 0.1) is 12.1 Å². The molecule has 1 aliphatic heterocycles. The quantitative estimate of drug-likeness (QED) is 0.163. The van der Waals surface area contributed by atoms with Gasteiger partial charge in [0.1, 0.15) is 0 Å². The second-order valence-electron chi connectivity index (χ2n) is 17.2. The van der Waals surface area contributed by atoms with E-state index in [2.05, 4.69) is 96.4 Å². The number of hydrogen-bond acceptors (Lipinski definition) is 3. The fraction of sp³-hybridized carbons (Fsp3) is 0.617. The van der Waals surface area contributed by atoms with Crippen molar-refractivity contribution in [2.75, 3.05) is 13.1 Å². The van der Waals surface area contributed by atoms with E-state index in [-0.39, 0.29) is 29.3 Å². The Kier molecular flexibility index (Phi) is 16.0. The molecule has 296 valence electrons. The number of hydrogen-bond donors (Lipinski definition) is 3. The minimum Gasteiger partial charge on any atom is -0.478 e. The number of benzene rings is 1. The molecule has 7 heteroatoms. The number of carboxylic acids is 1. The number of allylic oxidation sites excluding steroid dienone is 3. The Morgan fingerprint density at radius 2 is 1.46 bits per heavy atom. The van der Waals surface area contributed by atoms with Crippen LogP contribution in [0.25, 0.3) is 5.57 Å². The Balaban J connectivity index is 0.000000538. The van der Waals surface area contributed by atoms with E-state index < -0.39 is 11.9 Å². The highest BCUT2D eigenvalue weighted by Gasteiger charge is 2.69. The summed E-state index contributed by atoms with van der Waals surface area (Å²) in [5, 5.41) is 15.3. The fourth-order valence-corrected chi connectivity index (χ4v) is 12.5. The van der Waals surface area contributed by atoms with Crippen LogP contribution in [-0.2, 0) is 4.79 Å². The van der Waals surface area contributed by atoms with Crippen LogP contribution in [-0.4, -0.2) is 42.0 Å². The zero-order valence-electron chi connectivity index (χ0n) is 33.7. The Labute approximate surface area is 326 Å². The first-order valence-electron chi connectivity index (χ1n) is 19.5. The lowest BCUT2D eigenvalue weighted by molar-refractivity contribution is -0.216. The van der Waals surface area contributed by atoms with Gasteiger partial charge in [-0.15, -0.1) is 45.1 Å². The Bertz CT molecular complexity index is 1500. The second kappa shape index (κ2) is 18.7. The van der Waals surface area contributed by atoms with Gasteiger partial charge < -0.3 is 15.7 Å². The number of alkyl halides is 2. The second-order valence-corrected chi connectivity index (χ2v) is 17.2. The van der Waals surface area contributed by atoms with E-state index in [4.69, 9.17) is 0 Å². The van der Waals surface area contributed by atoms with Gasteiger partial charge in [0.25, 0.3) is 5.92 Å². The number of nitrogens with one attached hydrogen (secondary N) is 2. The standard InChI is InChI=1S/C34H47NO3.C4H7F2N.C3H6.3C2H2/c1-30(2)24(22-8-10-23(11-9-22)29(37)38)14-17-31(3)27(30)15-18-33(5)28(31)13-12-25-26-7-6-16-34(26,35-21-36)20-19-32(25,33)4;5-4(6)1-2-7-3-4;1-3-2;3*1-2/h8-11,14,21,25-28H,6-7,12-13,15-20H2,1-5H3,(H,35,36)(H,37,38);7H,1-3H2;3H,1H2,2H3;3*1-2H/t25-,26?,27?,28?,31+,32-,33-,34+;;;;;/m1...../s1. The molecule has 3 unspecified atom stereocenters. The number of rotatable bonds is 4. The molecule has 6 aliphatic rings. The highest BCUT2D eigenvalue weighted by Crippen LogP contribution is 2.76. The largest absolute Gasteiger partial charge is 0.478 e. The number of carbonyl (C=O) groups excluding carboxylic acids is 1. The average Bonchev–Trinajstić information content (AvgIpc) is 3.77. The summed E-state index contributed by atoms with van der Waals surface area (Å²) in [5.41, 5.74) is 3.94. The zero-order valence-corrected chi connectivity index (χ0v) is 33.7. The van der Waals surface area contributed by atoms with Gasteiger partial charge in [-0.2, -0.15) is 0 Å². The first-order chi connectivity index (χ1) is 25.5. The van der Waals surface area contributed by atoms with Gasteiger partial charge in [-0.25, -0.2) is 13.6 Å². The summed E-state index contributed by atoms with van der Waals surface area (Å²) in [6.45, 7) is 18.4. The van der Waals surface area contributed by atoms with Gasteiger partial charge >= 0.3 is 5.97 Å².